The number of ether oxygens (including phenoxy) is 4. The molecule has 1 aliphatic heterocycles. The Morgan fingerprint density at radius 1 is 0.971 bits per heavy atom. The molecular weight excluding hydrogens is 434 g/mol. The fourth-order valence-electron chi connectivity index (χ4n) is 4.71. The average Bonchev–Trinajstić information content (AvgIpc) is 2.87. The van der Waals surface area contributed by atoms with E-state index in [-0.39, 0.29) is 5.78 Å². The van der Waals surface area contributed by atoms with Crippen LogP contribution in [-0.2, 0) is 4.79 Å². The van der Waals surface area contributed by atoms with E-state index in [2.05, 4.69) is 6.07 Å². The number of nitriles is 1. The number of hydrogen-bond acceptors (Lipinski definition) is 8. The molecule has 176 valence electrons. The zero-order valence-corrected chi connectivity index (χ0v) is 19.7. The molecule has 2 aliphatic rings. The Balaban J connectivity index is 1.96. The van der Waals surface area contributed by atoms with E-state index in [0.29, 0.717) is 64.8 Å². The smallest absolute Gasteiger partial charge is 0.203 e. The van der Waals surface area contributed by atoms with Crippen molar-refractivity contribution in [3.63, 3.8) is 0 Å². The first-order chi connectivity index (χ1) is 16.5. The Kier molecular flexibility index (Phi) is 6.37. The van der Waals surface area contributed by atoms with Crippen LogP contribution in [0.15, 0.2) is 59.1 Å². The molecule has 0 amide bonds. The number of hydrogen-bond donors (Lipinski definition) is 1. The molecule has 1 atom stereocenters. The van der Waals surface area contributed by atoms with E-state index in [1.54, 1.807) is 19.2 Å². The molecular formula is C26H27N3O5. The second-order valence-corrected chi connectivity index (χ2v) is 7.97. The maximum absolute atomic E-state index is 13.3. The highest BCUT2D eigenvalue weighted by Gasteiger charge is 2.41. The summed E-state index contributed by atoms with van der Waals surface area (Å²) in [4.78, 5) is 15.1. The fraction of sp³-hybridized carbons (Fsp3) is 0.308. The minimum absolute atomic E-state index is 0.00114. The van der Waals surface area contributed by atoms with Gasteiger partial charge in [0.2, 0.25) is 5.75 Å². The van der Waals surface area contributed by atoms with E-state index in [9.17, 15) is 10.1 Å². The molecule has 0 bridgehead atoms. The first kappa shape index (κ1) is 23.1. The quantitative estimate of drug-likeness (QED) is 0.687. The second-order valence-electron chi connectivity index (χ2n) is 7.97. The molecule has 34 heavy (non-hydrogen) atoms. The first-order valence-electron chi connectivity index (χ1n) is 10.9. The predicted octanol–water partition coefficient (Wildman–Crippen LogP) is 4.03. The molecule has 4 rings (SSSR count). The van der Waals surface area contributed by atoms with Gasteiger partial charge in [-0.2, -0.15) is 5.26 Å². The summed E-state index contributed by atoms with van der Waals surface area (Å²) in [6, 6.07) is 13.2. The van der Waals surface area contributed by atoms with Crippen LogP contribution in [0.2, 0.25) is 0 Å². The number of rotatable bonds is 6. The van der Waals surface area contributed by atoms with Crippen molar-refractivity contribution in [1.82, 2.24) is 0 Å². The molecule has 1 heterocycles. The zero-order valence-electron chi connectivity index (χ0n) is 19.7. The van der Waals surface area contributed by atoms with Gasteiger partial charge in [-0.05, 0) is 54.8 Å². The molecule has 1 aliphatic carbocycles. The molecule has 0 unspecified atom stereocenters. The van der Waals surface area contributed by atoms with Crippen LogP contribution in [-0.4, -0.2) is 34.2 Å². The van der Waals surface area contributed by atoms with Crippen molar-refractivity contribution in [1.29, 1.82) is 5.26 Å². The lowest BCUT2D eigenvalue weighted by atomic mass is 9.75. The van der Waals surface area contributed by atoms with Gasteiger partial charge in [0, 0.05) is 23.4 Å². The van der Waals surface area contributed by atoms with Crippen LogP contribution in [0.3, 0.4) is 0 Å². The molecule has 0 saturated heterocycles. The van der Waals surface area contributed by atoms with E-state index in [1.807, 2.05) is 29.2 Å². The Morgan fingerprint density at radius 2 is 1.62 bits per heavy atom. The van der Waals surface area contributed by atoms with E-state index in [4.69, 9.17) is 24.7 Å². The Hall–Kier alpha value is -4.12. The molecule has 8 heteroatoms. The monoisotopic (exact) mass is 461 g/mol. The van der Waals surface area contributed by atoms with Gasteiger partial charge in [-0.3, -0.25) is 9.69 Å². The summed E-state index contributed by atoms with van der Waals surface area (Å²) < 4.78 is 21.8. The topological polar surface area (TPSA) is 107 Å². The first-order valence-corrected chi connectivity index (χ1v) is 10.9. The number of Topliss-reactive ketones (excluding diaryl/α,β-unsaturated/α-hetero) is 1. The van der Waals surface area contributed by atoms with Crippen molar-refractivity contribution in [2.75, 3.05) is 33.3 Å². The van der Waals surface area contributed by atoms with Gasteiger partial charge in [0.15, 0.2) is 17.3 Å². The van der Waals surface area contributed by atoms with Gasteiger partial charge < -0.3 is 24.7 Å². The summed E-state index contributed by atoms with van der Waals surface area (Å²) in [5, 5.41) is 10.2. The van der Waals surface area contributed by atoms with Crippen LogP contribution in [0.1, 0.15) is 30.7 Å². The molecule has 2 aromatic rings. The van der Waals surface area contributed by atoms with Gasteiger partial charge in [-0.1, -0.05) is 0 Å². The molecule has 0 saturated carbocycles. The van der Waals surface area contributed by atoms with Gasteiger partial charge in [0.05, 0.1) is 46.0 Å². The van der Waals surface area contributed by atoms with Crippen molar-refractivity contribution in [3.8, 4) is 29.1 Å². The highest BCUT2D eigenvalue weighted by molar-refractivity contribution is 6.01. The predicted molar refractivity (Wildman–Crippen MR) is 127 cm³/mol. The van der Waals surface area contributed by atoms with Crippen molar-refractivity contribution in [2.24, 2.45) is 5.73 Å². The Morgan fingerprint density at radius 3 is 2.15 bits per heavy atom. The molecule has 0 aromatic heterocycles. The van der Waals surface area contributed by atoms with Crippen LogP contribution in [0, 0.1) is 11.3 Å². The average molecular weight is 462 g/mol. The van der Waals surface area contributed by atoms with Crippen LogP contribution < -0.4 is 29.6 Å². The minimum atomic E-state index is -0.643. The normalized spacial score (nSPS) is 17.8. The second kappa shape index (κ2) is 9.40. The van der Waals surface area contributed by atoms with Crippen LogP contribution in [0.5, 0.6) is 23.0 Å². The zero-order chi connectivity index (χ0) is 24.4. The number of carbonyl (C=O) groups is 1. The van der Waals surface area contributed by atoms with Gasteiger partial charge in [0.1, 0.15) is 11.6 Å². The van der Waals surface area contributed by atoms with Crippen molar-refractivity contribution in [3.05, 3.63) is 64.6 Å². The van der Waals surface area contributed by atoms with Crippen molar-refractivity contribution >= 4 is 11.5 Å². The molecule has 2 N–H and O–H groups in total. The lowest BCUT2D eigenvalue weighted by Crippen LogP contribution is -2.38. The highest BCUT2D eigenvalue weighted by atomic mass is 16.5. The number of methoxy groups -OCH3 is 4. The number of anilines is 1. The van der Waals surface area contributed by atoms with Crippen LogP contribution in [0.4, 0.5) is 5.69 Å². The molecule has 0 radical (unpaired) electrons. The third kappa shape index (κ3) is 3.69. The van der Waals surface area contributed by atoms with Crippen LogP contribution in [0.25, 0.3) is 0 Å². The molecule has 0 spiro atoms. The van der Waals surface area contributed by atoms with Crippen molar-refractivity contribution < 1.29 is 23.7 Å². The van der Waals surface area contributed by atoms with E-state index in [1.165, 1.54) is 21.3 Å². The molecule has 8 nitrogen and oxygen atoms in total. The largest absolute Gasteiger partial charge is 0.497 e. The van der Waals surface area contributed by atoms with Crippen molar-refractivity contribution in [2.45, 2.75) is 25.2 Å². The Bertz CT molecular complexity index is 1200. The molecule has 0 fully saturated rings. The number of nitrogens with zero attached hydrogens (tertiary/aromatic N) is 2. The maximum Gasteiger partial charge on any atom is 0.203 e. The SMILES string of the molecule is COc1ccc(N2C(N)=C(C#N)[C@H](c3cc(OC)c(OC)c(OC)c3)C3=C2CCCC3=O)cc1. The number of benzene rings is 2. The minimum Gasteiger partial charge on any atom is -0.497 e. The molecule has 2 aromatic carbocycles. The number of carbonyl (C=O) groups excluding carboxylic acids is 1. The van der Waals surface area contributed by atoms with Gasteiger partial charge in [-0.25, -0.2) is 0 Å². The third-order valence-electron chi connectivity index (χ3n) is 6.26. The van der Waals surface area contributed by atoms with E-state index in [0.717, 1.165) is 11.4 Å². The Labute approximate surface area is 198 Å². The summed E-state index contributed by atoms with van der Waals surface area (Å²) in [6.07, 6.45) is 1.78. The number of allylic oxidation sites excluding steroid dienone is 3. The lowest BCUT2D eigenvalue weighted by molar-refractivity contribution is -0.116. The van der Waals surface area contributed by atoms with Gasteiger partial charge in [-0.15, -0.1) is 0 Å². The van der Waals surface area contributed by atoms with Gasteiger partial charge in [0.25, 0.3) is 0 Å². The van der Waals surface area contributed by atoms with E-state index < -0.39 is 5.92 Å². The van der Waals surface area contributed by atoms with Gasteiger partial charge >= 0.3 is 0 Å². The summed E-state index contributed by atoms with van der Waals surface area (Å²) in [7, 11) is 6.18. The number of ketones is 1. The van der Waals surface area contributed by atoms with Crippen LogP contribution >= 0.6 is 0 Å². The summed E-state index contributed by atoms with van der Waals surface area (Å²) in [5.74, 6) is 1.66. The summed E-state index contributed by atoms with van der Waals surface area (Å²) in [6.45, 7) is 0. The maximum atomic E-state index is 13.3. The lowest BCUT2D eigenvalue weighted by Gasteiger charge is -2.39. The summed E-state index contributed by atoms with van der Waals surface area (Å²) >= 11 is 0. The van der Waals surface area contributed by atoms with E-state index >= 15 is 0 Å². The fourth-order valence-corrected chi connectivity index (χ4v) is 4.71. The standard InChI is InChI=1S/C26H27N3O5/c1-31-17-10-8-16(9-11-17)29-19-6-5-7-20(30)24(19)23(18(14-27)26(29)28)15-12-21(32-2)25(34-4)22(13-15)33-3/h8-13,23H,5-7,28H2,1-4H3/t23-/m0/s1. The summed E-state index contributed by atoms with van der Waals surface area (Å²) in [5.41, 5.74) is 9.73. The number of nitrogens with two attached hydrogens (primary N) is 1. The third-order valence-corrected chi connectivity index (χ3v) is 6.26. The highest BCUT2D eigenvalue weighted by Crippen LogP contribution is 2.49.